The van der Waals surface area contributed by atoms with Crippen LogP contribution in [0, 0.1) is 0 Å². The summed E-state index contributed by atoms with van der Waals surface area (Å²) in [6.45, 7) is 0. The first-order valence-corrected chi connectivity index (χ1v) is 9.27. The molecule has 2 aromatic carbocycles. The Balaban J connectivity index is 1.63. The van der Waals surface area contributed by atoms with Gasteiger partial charge in [0.2, 0.25) is 0 Å². The van der Waals surface area contributed by atoms with E-state index in [4.69, 9.17) is 4.42 Å². The third-order valence-corrected chi connectivity index (χ3v) is 5.39. The van der Waals surface area contributed by atoms with Crippen LogP contribution in [0.5, 0.6) is 0 Å². The number of allylic oxidation sites excluding steroid dienone is 1. The lowest BCUT2D eigenvalue weighted by Gasteiger charge is -2.28. The summed E-state index contributed by atoms with van der Waals surface area (Å²) in [5.74, 6) is 1.11. The number of benzene rings is 2. The van der Waals surface area contributed by atoms with Gasteiger partial charge in [-0.2, -0.15) is 0 Å². The van der Waals surface area contributed by atoms with Gasteiger partial charge in [-0.15, -0.1) is 0 Å². The molecule has 4 heteroatoms. The van der Waals surface area contributed by atoms with Crippen molar-refractivity contribution in [3.8, 4) is 0 Å². The normalized spacial score (nSPS) is 21.6. The molecule has 2 atom stereocenters. The summed E-state index contributed by atoms with van der Waals surface area (Å²) in [6, 6.07) is 21.9. The minimum absolute atomic E-state index is 0.0698. The van der Waals surface area contributed by atoms with E-state index in [0.29, 0.717) is 6.42 Å². The number of Topliss-reactive ketones (excluding diaryl/α,β-unsaturated/α-hetero) is 1. The van der Waals surface area contributed by atoms with Gasteiger partial charge in [0.15, 0.2) is 5.78 Å². The fourth-order valence-corrected chi connectivity index (χ4v) is 4.11. The maximum atomic E-state index is 13.2. The van der Waals surface area contributed by atoms with Gasteiger partial charge in [0.05, 0.1) is 23.7 Å². The zero-order chi connectivity index (χ0) is 18.2. The Labute approximate surface area is 157 Å². The lowest BCUT2D eigenvalue weighted by molar-refractivity contribution is -0.116. The fraction of sp³-hybridized carbons (Fsp3) is 0.174. The highest BCUT2D eigenvalue weighted by molar-refractivity contribution is 6.01. The molecule has 0 saturated heterocycles. The van der Waals surface area contributed by atoms with Crippen LogP contribution < -0.4 is 10.6 Å². The number of ketones is 1. The molecule has 0 fully saturated rings. The summed E-state index contributed by atoms with van der Waals surface area (Å²) in [5.41, 5.74) is 4.91. The van der Waals surface area contributed by atoms with Crippen LogP contribution in [0.4, 0.5) is 11.4 Å². The Morgan fingerprint density at radius 1 is 0.852 bits per heavy atom. The third-order valence-electron chi connectivity index (χ3n) is 5.39. The predicted octanol–water partition coefficient (Wildman–Crippen LogP) is 5.26. The lowest BCUT2D eigenvalue weighted by atomic mass is 9.80. The van der Waals surface area contributed by atoms with Crippen LogP contribution in [0.25, 0.3) is 0 Å². The van der Waals surface area contributed by atoms with Gasteiger partial charge >= 0.3 is 0 Å². The fourth-order valence-electron chi connectivity index (χ4n) is 4.11. The van der Waals surface area contributed by atoms with E-state index in [9.17, 15) is 4.79 Å². The largest absolute Gasteiger partial charge is 0.469 e. The molecule has 2 aliphatic rings. The second-order valence-corrected chi connectivity index (χ2v) is 7.09. The van der Waals surface area contributed by atoms with Crippen molar-refractivity contribution >= 4 is 17.2 Å². The number of carbonyl (C=O) groups is 1. The first kappa shape index (κ1) is 15.9. The molecule has 5 rings (SSSR count). The van der Waals surface area contributed by atoms with Crippen molar-refractivity contribution in [1.82, 2.24) is 0 Å². The SMILES string of the molecule is O=C1CC(c2ccco2)CC2=C1C(c1ccccc1)Nc1ccccc1N2. The highest BCUT2D eigenvalue weighted by Crippen LogP contribution is 2.44. The number of carbonyl (C=O) groups excluding carboxylic acids is 1. The molecule has 2 heterocycles. The summed E-state index contributed by atoms with van der Waals surface area (Å²) in [4.78, 5) is 13.2. The molecule has 4 nitrogen and oxygen atoms in total. The Morgan fingerprint density at radius 2 is 1.63 bits per heavy atom. The van der Waals surface area contributed by atoms with Crippen molar-refractivity contribution < 1.29 is 9.21 Å². The standard InChI is InChI=1S/C23H20N2O2/c26-20-14-16(21-11-6-12-27-21)13-19-22(20)23(15-7-2-1-3-8-15)25-18-10-5-4-9-17(18)24-19/h1-12,16,23-25H,13-14H2. The van der Waals surface area contributed by atoms with Crippen molar-refractivity contribution in [2.75, 3.05) is 10.6 Å². The molecule has 0 saturated carbocycles. The minimum Gasteiger partial charge on any atom is -0.469 e. The molecule has 1 aromatic heterocycles. The number of anilines is 2. The summed E-state index contributed by atoms with van der Waals surface area (Å²) >= 11 is 0. The summed E-state index contributed by atoms with van der Waals surface area (Å²) in [6.07, 6.45) is 2.90. The number of rotatable bonds is 2. The van der Waals surface area contributed by atoms with E-state index in [0.717, 1.165) is 40.4 Å². The lowest BCUT2D eigenvalue weighted by Crippen LogP contribution is -2.26. The van der Waals surface area contributed by atoms with Crippen molar-refractivity contribution in [2.45, 2.75) is 24.8 Å². The first-order valence-electron chi connectivity index (χ1n) is 9.27. The van der Waals surface area contributed by atoms with Crippen molar-refractivity contribution in [1.29, 1.82) is 0 Å². The van der Waals surface area contributed by atoms with Crippen molar-refractivity contribution in [3.05, 3.63) is 95.6 Å². The molecule has 0 spiro atoms. The van der Waals surface area contributed by atoms with Gasteiger partial charge in [-0.3, -0.25) is 4.79 Å². The van der Waals surface area contributed by atoms with Crippen LogP contribution in [0.2, 0.25) is 0 Å². The molecular formula is C23H20N2O2. The molecule has 27 heavy (non-hydrogen) atoms. The number of para-hydroxylation sites is 2. The van der Waals surface area contributed by atoms with Crippen molar-refractivity contribution in [3.63, 3.8) is 0 Å². The van der Waals surface area contributed by atoms with Gasteiger partial charge in [-0.25, -0.2) is 0 Å². The highest BCUT2D eigenvalue weighted by Gasteiger charge is 2.36. The zero-order valence-corrected chi connectivity index (χ0v) is 14.8. The van der Waals surface area contributed by atoms with Gasteiger partial charge in [0.25, 0.3) is 0 Å². The van der Waals surface area contributed by atoms with Crippen LogP contribution in [-0.4, -0.2) is 5.78 Å². The van der Waals surface area contributed by atoms with Gasteiger partial charge in [-0.1, -0.05) is 42.5 Å². The van der Waals surface area contributed by atoms with Gasteiger partial charge in [0.1, 0.15) is 5.76 Å². The van der Waals surface area contributed by atoms with Gasteiger partial charge in [-0.05, 0) is 36.2 Å². The van der Waals surface area contributed by atoms with Crippen LogP contribution in [0.1, 0.15) is 36.1 Å². The third kappa shape index (κ3) is 2.83. The van der Waals surface area contributed by atoms with Gasteiger partial charge < -0.3 is 15.1 Å². The van der Waals surface area contributed by atoms with E-state index in [-0.39, 0.29) is 17.7 Å². The van der Waals surface area contributed by atoms with E-state index in [2.05, 4.69) is 22.8 Å². The Bertz CT molecular complexity index is 1010. The molecule has 2 unspecified atom stereocenters. The maximum absolute atomic E-state index is 13.2. The summed E-state index contributed by atoms with van der Waals surface area (Å²) in [7, 11) is 0. The molecule has 0 bridgehead atoms. The predicted molar refractivity (Wildman–Crippen MR) is 106 cm³/mol. The Hall–Kier alpha value is -3.27. The number of hydrogen-bond donors (Lipinski definition) is 2. The monoisotopic (exact) mass is 356 g/mol. The first-order chi connectivity index (χ1) is 13.3. The summed E-state index contributed by atoms with van der Waals surface area (Å²) in [5, 5.41) is 7.13. The van der Waals surface area contributed by atoms with Crippen LogP contribution in [0.15, 0.2) is 88.7 Å². The molecule has 1 aliphatic carbocycles. The topological polar surface area (TPSA) is 54.3 Å². The quantitative estimate of drug-likeness (QED) is 0.658. The van der Waals surface area contributed by atoms with E-state index < -0.39 is 0 Å². The molecular weight excluding hydrogens is 336 g/mol. The molecule has 2 N–H and O–H groups in total. The van der Waals surface area contributed by atoms with E-state index in [1.54, 1.807) is 6.26 Å². The van der Waals surface area contributed by atoms with Gasteiger partial charge in [0, 0.05) is 23.6 Å². The maximum Gasteiger partial charge on any atom is 0.163 e. The molecule has 0 radical (unpaired) electrons. The average Bonchev–Trinajstić information content (AvgIpc) is 3.17. The smallest absolute Gasteiger partial charge is 0.163 e. The number of nitrogens with one attached hydrogen (secondary N) is 2. The highest BCUT2D eigenvalue weighted by atomic mass is 16.3. The van der Waals surface area contributed by atoms with Crippen LogP contribution in [-0.2, 0) is 4.79 Å². The van der Waals surface area contributed by atoms with Crippen molar-refractivity contribution in [2.24, 2.45) is 0 Å². The zero-order valence-electron chi connectivity index (χ0n) is 14.8. The Kier molecular flexibility index (Phi) is 3.82. The van der Waals surface area contributed by atoms with E-state index >= 15 is 0 Å². The minimum atomic E-state index is -0.164. The number of hydrogen-bond acceptors (Lipinski definition) is 4. The molecule has 134 valence electrons. The summed E-state index contributed by atoms with van der Waals surface area (Å²) < 4.78 is 5.60. The molecule has 0 amide bonds. The van der Waals surface area contributed by atoms with Crippen LogP contribution in [0.3, 0.4) is 0 Å². The van der Waals surface area contributed by atoms with E-state index in [1.165, 1.54) is 0 Å². The number of furan rings is 1. The molecule has 1 aliphatic heterocycles. The number of fused-ring (bicyclic) bond motifs is 1. The second-order valence-electron chi connectivity index (χ2n) is 7.09. The van der Waals surface area contributed by atoms with E-state index in [1.807, 2.05) is 54.6 Å². The molecule has 3 aromatic rings. The average molecular weight is 356 g/mol. The Morgan fingerprint density at radius 3 is 2.41 bits per heavy atom. The second kappa shape index (κ2) is 6.47. The van der Waals surface area contributed by atoms with Crippen LogP contribution >= 0.6 is 0 Å².